The third-order valence-corrected chi connectivity index (χ3v) is 6.68. The summed E-state index contributed by atoms with van der Waals surface area (Å²) in [5.41, 5.74) is 10.4. The highest BCUT2D eigenvalue weighted by atomic mass is 35.5. The number of nitrogens with zero attached hydrogens (tertiary/aromatic N) is 3. The summed E-state index contributed by atoms with van der Waals surface area (Å²) in [5.74, 6) is 0.223. The minimum absolute atomic E-state index is 0.0521. The summed E-state index contributed by atoms with van der Waals surface area (Å²) in [6, 6.07) is 10.4. The first-order chi connectivity index (χ1) is 16.2. The van der Waals surface area contributed by atoms with Gasteiger partial charge in [0.25, 0.3) is 5.56 Å². The first-order valence-electron chi connectivity index (χ1n) is 11.1. The minimum atomic E-state index is -0.609. The van der Waals surface area contributed by atoms with Gasteiger partial charge in [0.1, 0.15) is 17.7 Å². The van der Waals surface area contributed by atoms with E-state index in [0.717, 1.165) is 28.6 Å². The van der Waals surface area contributed by atoms with Gasteiger partial charge in [0, 0.05) is 48.1 Å². The van der Waals surface area contributed by atoms with Gasteiger partial charge in [-0.05, 0) is 62.4 Å². The molecule has 1 atom stereocenters. The van der Waals surface area contributed by atoms with E-state index in [0.29, 0.717) is 30.6 Å². The van der Waals surface area contributed by atoms with Crippen molar-refractivity contribution in [2.45, 2.75) is 39.5 Å². The summed E-state index contributed by atoms with van der Waals surface area (Å²) < 4.78 is 20.9. The average molecular weight is 483 g/mol. The third kappa shape index (κ3) is 4.45. The van der Waals surface area contributed by atoms with Crippen LogP contribution in [-0.2, 0) is 19.5 Å². The van der Waals surface area contributed by atoms with Crippen molar-refractivity contribution in [3.63, 3.8) is 0 Å². The Morgan fingerprint density at radius 1 is 1.26 bits per heavy atom. The Kier molecular flexibility index (Phi) is 6.77. The molecule has 2 aromatic carbocycles. The first kappa shape index (κ1) is 24.0. The zero-order valence-electron chi connectivity index (χ0n) is 19.7. The van der Waals surface area contributed by atoms with Gasteiger partial charge >= 0.3 is 0 Å². The highest BCUT2D eigenvalue weighted by molar-refractivity contribution is 6.33. The van der Waals surface area contributed by atoms with Crippen LogP contribution in [-0.4, -0.2) is 36.0 Å². The van der Waals surface area contributed by atoms with Crippen LogP contribution in [0.1, 0.15) is 29.3 Å². The van der Waals surface area contributed by atoms with Gasteiger partial charge in [-0.1, -0.05) is 17.7 Å². The fourth-order valence-electron chi connectivity index (χ4n) is 4.37. The molecule has 0 amide bonds. The number of aryl methyl sites for hydroxylation is 1. The maximum absolute atomic E-state index is 13.8. The number of nitrogens with two attached hydrogens (primary N) is 1. The van der Waals surface area contributed by atoms with Crippen molar-refractivity contribution < 1.29 is 9.13 Å². The fraction of sp³-hybridized carbons (Fsp3) is 0.308. The van der Waals surface area contributed by atoms with Gasteiger partial charge in [0.05, 0.1) is 17.8 Å². The van der Waals surface area contributed by atoms with Gasteiger partial charge in [-0.15, -0.1) is 0 Å². The van der Waals surface area contributed by atoms with E-state index in [2.05, 4.69) is 17.9 Å². The van der Waals surface area contributed by atoms with E-state index in [1.165, 1.54) is 11.6 Å². The smallest absolute Gasteiger partial charge is 0.258 e. The molecule has 2 N–H and O–H groups in total. The van der Waals surface area contributed by atoms with Crippen LogP contribution in [0, 0.1) is 12.7 Å². The molecule has 8 heteroatoms. The van der Waals surface area contributed by atoms with Crippen molar-refractivity contribution in [1.82, 2.24) is 9.47 Å². The molecule has 0 radical (unpaired) electrons. The van der Waals surface area contributed by atoms with E-state index in [-0.39, 0.29) is 22.4 Å². The number of anilines is 1. The maximum Gasteiger partial charge on any atom is 0.258 e. The molecule has 0 fully saturated rings. The molecule has 2 heterocycles. The fourth-order valence-corrected chi connectivity index (χ4v) is 4.62. The van der Waals surface area contributed by atoms with Gasteiger partial charge in [-0.25, -0.2) is 4.39 Å². The van der Waals surface area contributed by atoms with Crippen LogP contribution < -0.4 is 16.0 Å². The lowest BCUT2D eigenvalue weighted by Gasteiger charge is -2.30. The monoisotopic (exact) mass is 482 g/mol. The molecule has 1 aromatic heterocycles. The number of methoxy groups -OCH3 is 1. The van der Waals surface area contributed by atoms with E-state index >= 15 is 0 Å². The van der Waals surface area contributed by atoms with Crippen LogP contribution in [0.4, 0.5) is 10.1 Å². The van der Waals surface area contributed by atoms with Crippen molar-refractivity contribution in [3.05, 3.63) is 80.0 Å². The zero-order chi connectivity index (χ0) is 24.6. The van der Waals surface area contributed by atoms with Gasteiger partial charge < -0.3 is 15.0 Å². The Morgan fingerprint density at radius 2 is 2.03 bits per heavy atom. The topological polar surface area (TPSA) is 72.8 Å². The number of pyridine rings is 1. The molecule has 0 saturated heterocycles. The van der Waals surface area contributed by atoms with Crippen molar-refractivity contribution in [2.24, 2.45) is 4.99 Å². The molecule has 178 valence electrons. The van der Waals surface area contributed by atoms with Crippen molar-refractivity contribution in [2.75, 3.05) is 19.9 Å². The molecule has 3 aromatic rings. The van der Waals surface area contributed by atoms with Crippen LogP contribution in [0.3, 0.4) is 0 Å². The van der Waals surface area contributed by atoms with E-state index in [1.54, 1.807) is 24.0 Å². The van der Waals surface area contributed by atoms with Crippen LogP contribution in [0.5, 0.6) is 5.75 Å². The van der Waals surface area contributed by atoms with E-state index in [4.69, 9.17) is 27.1 Å². The molecular formula is C26H28ClFN4O2. The minimum Gasteiger partial charge on any atom is -0.497 e. The number of ether oxygens (including phenoxy) is 1. The lowest BCUT2D eigenvalue weighted by molar-refractivity contribution is 0.234. The number of benzene rings is 2. The number of aromatic nitrogens is 1. The Morgan fingerprint density at radius 3 is 2.71 bits per heavy atom. The van der Waals surface area contributed by atoms with Crippen molar-refractivity contribution in [3.8, 4) is 16.9 Å². The van der Waals surface area contributed by atoms with Gasteiger partial charge in [-0.3, -0.25) is 14.7 Å². The van der Waals surface area contributed by atoms with Gasteiger partial charge in [-0.2, -0.15) is 0 Å². The zero-order valence-corrected chi connectivity index (χ0v) is 20.5. The SMILES string of the molecule is CCn1c2c(cc(-c3cc(N)c(F)cc3Cl)c1=O)C=NC(N(C)Cc1ccc(OC)cc1C)C2. The lowest BCUT2D eigenvalue weighted by atomic mass is 9.99. The first-order valence-corrected chi connectivity index (χ1v) is 11.5. The number of aliphatic imine (C=N–C) groups is 1. The molecule has 6 nitrogen and oxygen atoms in total. The molecule has 1 aliphatic heterocycles. The quantitative estimate of drug-likeness (QED) is 0.518. The second-order valence-corrected chi connectivity index (χ2v) is 8.94. The molecule has 4 rings (SSSR count). The molecule has 1 unspecified atom stereocenters. The normalized spacial score (nSPS) is 15.0. The molecule has 0 spiro atoms. The number of halogens is 2. The van der Waals surface area contributed by atoms with Crippen LogP contribution in [0.25, 0.3) is 11.1 Å². The Labute approximate surface area is 203 Å². The Balaban J connectivity index is 1.67. The van der Waals surface area contributed by atoms with Crippen molar-refractivity contribution in [1.29, 1.82) is 0 Å². The summed E-state index contributed by atoms with van der Waals surface area (Å²) >= 11 is 6.27. The second-order valence-electron chi connectivity index (χ2n) is 8.53. The van der Waals surface area contributed by atoms with Crippen LogP contribution in [0.15, 0.2) is 46.2 Å². The van der Waals surface area contributed by atoms with E-state index < -0.39 is 5.82 Å². The van der Waals surface area contributed by atoms with Gasteiger partial charge in [0.2, 0.25) is 0 Å². The molecule has 1 aliphatic rings. The lowest BCUT2D eigenvalue weighted by Crippen LogP contribution is -2.37. The summed E-state index contributed by atoms with van der Waals surface area (Å²) in [5, 5.41) is 0.145. The number of hydrogen-bond donors (Lipinski definition) is 1. The number of hydrogen-bond acceptors (Lipinski definition) is 5. The summed E-state index contributed by atoms with van der Waals surface area (Å²) in [6.45, 7) is 5.20. The van der Waals surface area contributed by atoms with E-state index in [1.807, 2.05) is 26.1 Å². The molecule has 34 heavy (non-hydrogen) atoms. The largest absolute Gasteiger partial charge is 0.497 e. The number of nitrogen functional groups attached to an aromatic ring is 1. The van der Waals surface area contributed by atoms with E-state index in [9.17, 15) is 9.18 Å². The molecule has 0 saturated carbocycles. The predicted octanol–water partition coefficient (Wildman–Crippen LogP) is 4.66. The van der Waals surface area contributed by atoms with Crippen LogP contribution >= 0.6 is 11.6 Å². The standard InChI is InChI=1S/C26H28ClFN4O2/c1-5-32-24-12-25(31(3)14-16-6-7-18(34-4)8-15(16)2)30-13-17(24)9-20(26(32)33)19-10-23(29)22(28)11-21(19)27/h6-11,13,25H,5,12,14,29H2,1-4H3. The Bertz CT molecular complexity index is 1340. The van der Waals surface area contributed by atoms with Crippen molar-refractivity contribution >= 4 is 23.5 Å². The second kappa shape index (κ2) is 9.60. The van der Waals surface area contributed by atoms with Gasteiger partial charge in [0.15, 0.2) is 0 Å². The predicted molar refractivity (Wildman–Crippen MR) is 135 cm³/mol. The Hall–Kier alpha value is -3.16. The average Bonchev–Trinajstić information content (AvgIpc) is 2.82. The highest BCUT2D eigenvalue weighted by Gasteiger charge is 2.25. The summed E-state index contributed by atoms with van der Waals surface area (Å²) in [4.78, 5) is 20.3. The van der Waals surface area contributed by atoms with Crippen LogP contribution in [0.2, 0.25) is 5.02 Å². The molecule has 0 bridgehead atoms. The number of likely N-dealkylation sites (N-methyl/N-ethyl adjacent to an activating group) is 1. The highest BCUT2D eigenvalue weighted by Crippen LogP contribution is 2.31. The molecule has 0 aliphatic carbocycles. The number of rotatable bonds is 6. The third-order valence-electron chi connectivity index (χ3n) is 6.37. The molecular weight excluding hydrogens is 455 g/mol. The number of fused-ring (bicyclic) bond motifs is 1. The summed E-state index contributed by atoms with van der Waals surface area (Å²) in [7, 11) is 3.69. The summed E-state index contributed by atoms with van der Waals surface area (Å²) in [6.07, 6.45) is 2.29. The maximum atomic E-state index is 13.8.